The van der Waals surface area contributed by atoms with E-state index in [4.69, 9.17) is 5.53 Å². The molecule has 0 bridgehead atoms. The Bertz CT molecular complexity index is 407. The van der Waals surface area contributed by atoms with Crippen LogP contribution in [-0.4, -0.2) is 28.9 Å². The first-order valence-electron chi connectivity index (χ1n) is 5.20. The molecule has 2 rings (SSSR count). The summed E-state index contributed by atoms with van der Waals surface area (Å²) in [7, 11) is 0. The van der Waals surface area contributed by atoms with E-state index in [9.17, 15) is 4.79 Å². The highest BCUT2D eigenvalue weighted by Crippen LogP contribution is 2.19. The van der Waals surface area contributed by atoms with Crippen molar-refractivity contribution in [3.05, 3.63) is 34.5 Å². The largest absolute Gasteiger partial charge is 0.364 e. The smallest absolute Gasteiger partial charge is 0.223 e. The molecule has 1 aromatic rings. The van der Waals surface area contributed by atoms with Crippen LogP contribution < -0.4 is 0 Å². The molecule has 0 spiro atoms. The topological polar surface area (TPSA) is 84.9 Å². The Kier molecular flexibility index (Phi) is 3.12. The van der Waals surface area contributed by atoms with E-state index >= 15 is 0 Å². The highest BCUT2D eigenvalue weighted by Gasteiger charge is 2.28. The second-order valence-corrected chi connectivity index (χ2v) is 3.95. The summed E-state index contributed by atoms with van der Waals surface area (Å²) in [6.45, 7) is 1.69. The Hall–Kier alpha value is -1.94. The molecule has 1 aliphatic rings. The number of hydrogen-bond donors (Lipinski definition) is 1. The zero-order valence-corrected chi connectivity index (χ0v) is 8.83. The van der Waals surface area contributed by atoms with Gasteiger partial charge in [-0.2, -0.15) is 0 Å². The maximum Gasteiger partial charge on any atom is 0.223 e. The summed E-state index contributed by atoms with van der Waals surface area (Å²) in [6.07, 6.45) is 2.33. The van der Waals surface area contributed by atoms with Crippen molar-refractivity contribution in [2.45, 2.75) is 13.0 Å². The molecular weight excluding hydrogens is 206 g/mol. The molecule has 1 aromatic heterocycles. The van der Waals surface area contributed by atoms with Gasteiger partial charge in [0.25, 0.3) is 0 Å². The third-order valence-electron chi connectivity index (χ3n) is 2.72. The lowest BCUT2D eigenvalue weighted by atomic mass is 10.1. The number of aromatic amines is 1. The van der Waals surface area contributed by atoms with Gasteiger partial charge < -0.3 is 9.88 Å². The Morgan fingerprint density at radius 1 is 1.69 bits per heavy atom. The molecule has 1 aliphatic heterocycles. The van der Waals surface area contributed by atoms with Gasteiger partial charge in [0.05, 0.1) is 6.54 Å². The lowest BCUT2D eigenvalue weighted by Crippen LogP contribution is -2.24. The first kappa shape index (κ1) is 10.6. The third kappa shape index (κ3) is 2.35. The van der Waals surface area contributed by atoms with Crippen LogP contribution in [0.15, 0.2) is 23.4 Å². The molecule has 2 heterocycles. The molecule has 1 fully saturated rings. The van der Waals surface area contributed by atoms with Crippen molar-refractivity contribution < 1.29 is 4.79 Å². The SMILES string of the molecule is [N-]=[N+]=NCC1CC(=O)N(Cc2ccc[nH]2)C1. The molecule has 0 saturated carbocycles. The number of H-pyrrole nitrogens is 1. The van der Waals surface area contributed by atoms with E-state index in [0.29, 0.717) is 26.1 Å². The minimum atomic E-state index is 0.132. The number of azide groups is 1. The van der Waals surface area contributed by atoms with Crippen LogP contribution in [0.25, 0.3) is 10.4 Å². The van der Waals surface area contributed by atoms with Crippen molar-refractivity contribution in [2.75, 3.05) is 13.1 Å². The van der Waals surface area contributed by atoms with Gasteiger partial charge in [-0.25, -0.2) is 0 Å². The van der Waals surface area contributed by atoms with Crippen molar-refractivity contribution in [3.8, 4) is 0 Å². The Balaban J connectivity index is 1.92. The molecular formula is C10H13N5O. The van der Waals surface area contributed by atoms with Crippen LogP contribution in [-0.2, 0) is 11.3 Å². The average molecular weight is 219 g/mol. The molecule has 1 saturated heterocycles. The van der Waals surface area contributed by atoms with Gasteiger partial charge in [-0.05, 0) is 23.6 Å². The van der Waals surface area contributed by atoms with Crippen molar-refractivity contribution in [3.63, 3.8) is 0 Å². The predicted octanol–water partition coefficient (Wildman–Crippen LogP) is 1.67. The molecule has 6 nitrogen and oxygen atoms in total. The zero-order chi connectivity index (χ0) is 11.4. The van der Waals surface area contributed by atoms with Crippen LogP contribution in [0.3, 0.4) is 0 Å². The van der Waals surface area contributed by atoms with Crippen LogP contribution in [0.1, 0.15) is 12.1 Å². The number of carbonyl (C=O) groups is 1. The number of hydrogen-bond acceptors (Lipinski definition) is 2. The van der Waals surface area contributed by atoms with Crippen molar-refractivity contribution >= 4 is 5.91 Å². The molecule has 1 N–H and O–H groups in total. The van der Waals surface area contributed by atoms with Crippen LogP contribution in [0.2, 0.25) is 0 Å². The summed E-state index contributed by atoms with van der Waals surface area (Å²) in [6, 6.07) is 3.86. The molecule has 0 aromatic carbocycles. The molecule has 0 radical (unpaired) electrons. The van der Waals surface area contributed by atoms with Gasteiger partial charge in [0, 0.05) is 36.3 Å². The van der Waals surface area contributed by atoms with E-state index in [1.165, 1.54) is 0 Å². The first-order valence-corrected chi connectivity index (χ1v) is 5.20. The minimum Gasteiger partial charge on any atom is -0.364 e. The van der Waals surface area contributed by atoms with Gasteiger partial charge in [-0.3, -0.25) is 4.79 Å². The second-order valence-electron chi connectivity index (χ2n) is 3.95. The maximum absolute atomic E-state index is 11.7. The molecule has 1 unspecified atom stereocenters. The summed E-state index contributed by atoms with van der Waals surface area (Å²) in [5.41, 5.74) is 9.25. The lowest BCUT2D eigenvalue weighted by molar-refractivity contribution is -0.128. The quantitative estimate of drug-likeness (QED) is 0.466. The van der Waals surface area contributed by atoms with E-state index in [2.05, 4.69) is 15.0 Å². The molecule has 84 valence electrons. The van der Waals surface area contributed by atoms with Crippen LogP contribution in [0, 0.1) is 5.92 Å². The van der Waals surface area contributed by atoms with E-state index < -0.39 is 0 Å². The highest BCUT2D eigenvalue weighted by molar-refractivity contribution is 5.78. The maximum atomic E-state index is 11.7. The van der Waals surface area contributed by atoms with E-state index in [1.807, 2.05) is 18.3 Å². The fourth-order valence-electron chi connectivity index (χ4n) is 1.95. The number of likely N-dealkylation sites (tertiary alicyclic amines) is 1. The van der Waals surface area contributed by atoms with Crippen LogP contribution in [0.4, 0.5) is 0 Å². The van der Waals surface area contributed by atoms with E-state index in [-0.39, 0.29) is 11.8 Å². The summed E-state index contributed by atoms with van der Waals surface area (Å²) in [5, 5.41) is 3.51. The highest BCUT2D eigenvalue weighted by atomic mass is 16.2. The summed E-state index contributed by atoms with van der Waals surface area (Å²) in [4.78, 5) is 19.2. The van der Waals surface area contributed by atoms with Gasteiger partial charge in [-0.1, -0.05) is 5.11 Å². The fourth-order valence-corrected chi connectivity index (χ4v) is 1.95. The van der Waals surface area contributed by atoms with Crippen LogP contribution in [0.5, 0.6) is 0 Å². The average Bonchev–Trinajstić information content (AvgIpc) is 2.87. The second kappa shape index (κ2) is 4.72. The number of aromatic nitrogens is 1. The minimum absolute atomic E-state index is 0.132. The number of carbonyl (C=O) groups excluding carboxylic acids is 1. The number of amides is 1. The number of nitrogens with one attached hydrogen (secondary N) is 1. The normalized spacial score (nSPS) is 19.9. The molecule has 1 amide bonds. The zero-order valence-electron chi connectivity index (χ0n) is 8.83. The fraction of sp³-hybridized carbons (Fsp3) is 0.500. The molecule has 1 atom stereocenters. The number of nitrogens with zero attached hydrogens (tertiary/aromatic N) is 4. The summed E-state index contributed by atoms with van der Waals surface area (Å²) in [5.74, 6) is 0.297. The Morgan fingerprint density at radius 3 is 3.25 bits per heavy atom. The van der Waals surface area contributed by atoms with E-state index in [1.54, 1.807) is 4.90 Å². The molecule has 16 heavy (non-hydrogen) atoms. The number of rotatable bonds is 4. The molecule has 0 aliphatic carbocycles. The van der Waals surface area contributed by atoms with Crippen LogP contribution >= 0.6 is 0 Å². The molecule has 6 heteroatoms. The van der Waals surface area contributed by atoms with Gasteiger partial charge in [-0.15, -0.1) is 0 Å². The standard InChI is InChI=1S/C10H13N5O/c11-14-13-5-8-4-10(16)15(6-8)7-9-2-1-3-12-9/h1-3,8,12H,4-7H2. The van der Waals surface area contributed by atoms with Crippen molar-refractivity contribution in [1.82, 2.24) is 9.88 Å². The first-order chi connectivity index (χ1) is 7.79. The summed E-state index contributed by atoms with van der Waals surface area (Å²) < 4.78 is 0. The Labute approximate surface area is 92.9 Å². The van der Waals surface area contributed by atoms with E-state index in [0.717, 1.165) is 5.69 Å². The van der Waals surface area contributed by atoms with Gasteiger partial charge >= 0.3 is 0 Å². The van der Waals surface area contributed by atoms with Crippen molar-refractivity contribution in [2.24, 2.45) is 11.0 Å². The summed E-state index contributed by atoms with van der Waals surface area (Å²) >= 11 is 0. The monoisotopic (exact) mass is 219 g/mol. The lowest BCUT2D eigenvalue weighted by Gasteiger charge is -2.15. The predicted molar refractivity (Wildman–Crippen MR) is 58.3 cm³/mol. The van der Waals surface area contributed by atoms with Crippen molar-refractivity contribution in [1.29, 1.82) is 0 Å². The Morgan fingerprint density at radius 2 is 2.56 bits per heavy atom. The van der Waals surface area contributed by atoms with Gasteiger partial charge in [0.15, 0.2) is 0 Å². The van der Waals surface area contributed by atoms with Gasteiger partial charge in [0.2, 0.25) is 5.91 Å². The third-order valence-corrected chi connectivity index (χ3v) is 2.72. The van der Waals surface area contributed by atoms with Gasteiger partial charge in [0.1, 0.15) is 0 Å².